The summed E-state index contributed by atoms with van der Waals surface area (Å²) in [4.78, 5) is 7.73. The number of rotatable bonds is 4. The number of aromatic amines is 1. The lowest BCUT2D eigenvalue weighted by Gasteiger charge is -2.05. The summed E-state index contributed by atoms with van der Waals surface area (Å²) in [7, 11) is 0. The first kappa shape index (κ1) is 13.3. The van der Waals surface area contributed by atoms with E-state index in [0.717, 1.165) is 27.5 Å². The number of ether oxygens (including phenoxy) is 1. The van der Waals surface area contributed by atoms with E-state index in [4.69, 9.17) is 17.0 Å². The summed E-state index contributed by atoms with van der Waals surface area (Å²) in [6.45, 7) is 5.30. The molecule has 0 fully saturated rings. The van der Waals surface area contributed by atoms with Gasteiger partial charge in [-0.1, -0.05) is 6.07 Å². The molecule has 2 aromatic heterocycles. The second-order valence-electron chi connectivity index (χ2n) is 4.46. The topological polar surface area (TPSA) is 42.8 Å². The molecule has 0 aliphatic carbocycles. The summed E-state index contributed by atoms with van der Waals surface area (Å²) in [5, 5.41) is 3.14. The van der Waals surface area contributed by atoms with Crippen molar-refractivity contribution < 1.29 is 4.74 Å². The van der Waals surface area contributed by atoms with Crippen LogP contribution in [0.15, 0.2) is 23.6 Å². The van der Waals surface area contributed by atoms with Gasteiger partial charge in [0.1, 0.15) is 11.3 Å². The zero-order valence-electron chi connectivity index (χ0n) is 11.3. The number of para-hydroxylation sites is 1. The third kappa shape index (κ3) is 2.36. The Labute approximate surface area is 126 Å². The summed E-state index contributed by atoms with van der Waals surface area (Å²) in [6.07, 6.45) is 0. The number of H-pyrrole nitrogens is 1. The van der Waals surface area contributed by atoms with Crippen LogP contribution in [0.2, 0.25) is 0 Å². The highest BCUT2D eigenvalue weighted by Crippen LogP contribution is 2.25. The molecule has 0 bridgehead atoms. The van der Waals surface area contributed by atoms with Crippen molar-refractivity contribution in [3.8, 4) is 5.75 Å². The van der Waals surface area contributed by atoms with Crippen LogP contribution in [0.4, 0.5) is 0 Å². The quantitative estimate of drug-likeness (QED) is 0.743. The smallest absolute Gasteiger partial charge is 0.178 e. The zero-order chi connectivity index (χ0) is 14.1. The van der Waals surface area contributed by atoms with E-state index >= 15 is 0 Å². The van der Waals surface area contributed by atoms with Gasteiger partial charge >= 0.3 is 0 Å². The first-order valence-corrected chi connectivity index (χ1v) is 7.73. The minimum atomic E-state index is 0.635. The average molecular weight is 305 g/mol. The molecule has 0 saturated heterocycles. The molecule has 0 saturated carbocycles. The average Bonchev–Trinajstić information content (AvgIpc) is 2.97. The minimum Gasteiger partial charge on any atom is -0.492 e. The van der Waals surface area contributed by atoms with Gasteiger partial charge in [0, 0.05) is 5.38 Å². The standard InChI is InChI=1S/C14H15N3OS2/c1-3-18-12-6-4-5-11-13(12)16-14(19)17(11)7-10-8-20-9(2)15-10/h4-6,8H,3,7H2,1-2H3,(H,16,19). The van der Waals surface area contributed by atoms with Crippen LogP contribution < -0.4 is 4.74 Å². The van der Waals surface area contributed by atoms with Crippen LogP contribution in [-0.2, 0) is 6.54 Å². The van der Waals surface area contributed by atoms with Gasteiger partial charge in [-0.3, -0.25) is 0 Å². The number of nitrogens with zero attached hydrogens (tertiary/aromatic N) is 2. The van der Waals surface area contributed by atoms with Crippen LogP contribution >= 0.6 is 23.6 Å². The number of fused-ring (bicyclic) bond motifs is 1. The number of aromatic nitrogens is 3. The van der Waals surface area contributed by atoms with Crippen LogP contribution in [0.5, 0.6) is 5.75 Å². The Kier molecular flexibility index (Phi) is 3.58. The van der Waals surface area contributed by atoms with Crippen molar-refractivity contribution in [2.75, 3.05) is 6.61 Å². The molecule has 3 aromatic rings. The Morgan fingerprint density at radius 3 is 3.00 bits per heavy atom. The van der Waals surface area contributed by atoms with Gasteiger partial charge in [0.2, 0.25) is 0 Å². The summed E-state index contributed by atoms with van der Waals surface area (Å²) in [5.74, 6) is 0.837. The minimum absolute atomic E-state index is 0.635. The molecule has 0 atom stereocenters. The molecule has 4 nitrogen and oxygen atoms in total. The second kappa shape index (κ2) is 5.38. The zero-order valence-corrected chi connectivity index (χ0v) is 13.0. The lowest BCUT2D eigenvalue weighted by atomic mass is 10.3. The molecule has 2 heterocycles. The molecule has 3 rings (SSSR count). The number of aryl methyl sites for hydroxylation is 1. The fourth-order valence-corrected chi connectivity index (χ4v) is 3.10. The predicted molar refractivity (Wildman–Crippen MR) is 84.2 cm³/mol. The van der Waals surface area contributed by atoms with Gasteiger partial charge in [-0.15, -0.1) is 11.3 Å². The van der Waals surface area contributed by atoms with Gasteiger partial charge in [0.15, 0.2) is 4.77 Å². The monoisotopic (exact) mass is 305 g/mol. The number of nitrogens with one attached hydrogen (secondary N) is 1. The largest absolute Gasteiger partial charge is 0.492 e. The van der Waals surface area contributed by atoms with Crippen molar-refractivity contribution >= 4 is 34.6 Å². The van der Waals surface area contributed by atoms with E-state index < -0.39 is 0 Å². The summed E-state index contributed by atoms with van der Waals surface area (Å²) in [5.41, 5.74) is 3.03. The van der Waals surface area contributed by atoms with Crippen molar-refractivity contribution in [2.24, 2.45) is 0 Å². The SMILES string of the molecule is CCOc1cccc2c1[nH]c(=S)n2Cc1csc(C)n1. The van der Waals surface area contributed by atoms with E-state index in [2.05, 4.69) is 19.9 Å². The number of hydrogen-bond acceptors (Lipinski definition) is 4. The van der Waals surface area contributed by atoms with E-state index in [-0.39, 0.29) is 0 Å². The first-order chi connectivity index (χ1) is 9.69. The third-order valence-electron chi connectivity index (χ3n) is 3.06. The van der Waals surface area contributed by atoms with Gasteiger partial charge in [0.25, 0.3) is 0 Å². The maximum Gasteiger partial charge on any atom is 0.178 e. The van der Waals surface area contributed by atoms with Crippen LogP contribution in [0.1, 0.15) is 17.6 Å². The number of hydrogen-bond donors (Lipinski definition) is 1. The molecule has 0 aliphatic heterocycles. The number of benzene rings is 1. The molecule has 1 aromatic carbocycles. The summed E-state index contributed by atoms with van der Waals surface area (Å²) < 4.78 is 8.39. The Morgan fingerprint density at radius 2 is 2.30 bits per heavy atom. The molecular weight excluding hydrogens is 290 g/mol. The third-order valence-corrected chi connectivity index (χ3v) is 4.20. The molecular formula is C14H15N3OS2. The molecule has 0 radical (unpaired) electrons. The van der Waals surface area contributed by atoms with Gasteiger partial charge in [-0.05, 0) is 38.2 Å². The van der Waals surface area contributed by atoms with Crippen molar-refractivity contribution in [1.29, 1.82) is 0 Å². The fraction of sp³-hybridized carbons (Fsp3) is 0.286. The highest BCUT2D eigenvalue weighted by Gasteiger charge is 2.10. The van der Waals surface area contributed by atoms with Crippen LogP contribution in [0.3, 0.4) is 0 Å². The van der Waals surface area contributed by atoms with Crippen molar-refractivity contribution in [3.63, 3.8) is 0 Å². The van der Waals surface area contributed by atoms with E-state index in [9.17, 15) is 0 Å². The Morgan fingerprint density at radius 1 is 1.45 bits per heavy atom. The number of thiazole rings is 1. The first-order valence-electron chi connectivity index (χ1n) is 6.44. The molecule has 104 valence electrons. The van der Waals surface area contributed by atoms with Crippen LogP contribution in [-0.4, -0.2) is 21.1 Å². The fourth-order valence-electron chi connectivity index (χ4n) is 2.23. The van der Waals surface area contributed by atoms with E-state index in [1.54, 1.807) is 11.3 Å². The number of imidazole rings is 1. The van der Waals surface area contributed by atoms with Gasteiger partial charge in [0.05, 0.1) is 29.4 Å². The van der Waals surface area contributed by atoms with Crippen molar-refractivity contribution in [2.45, 2.75) is 20.4 Å². The highest BCUT2D eigenvalue weighted by molar-refractivity contribution is 7.71. The molecule has 0 spiro atoms. The predicted octanol–water partition coefficient (Wildman–Crippen LogP) is 3.91. The van der Waals surface area contributed by atoms with Gasteiger partial charge < -0.3 is 14.3 Å². The van der Waals surface area contributed by atoms with Gasteiger partial charge in [-0.2, -0.15) is 0 Å². The van der Waals surface area contributed by atoms with Crippen molar-refractivity contribution in [1.82, 2.24) is 14.5 Å². The summed E-state index contributed by atoms with van der Waals surface area (Å²) in [6, 6.07) is 5.98. The molecule has 6 heteroatoms. The second-order valence-corrected chi connectivity index (χ2v) is 5.91. The molecule has 0 amide bonds. The summed E-state index contributed by atoms with van der Waals surface area (Å²) >= 11 is 7.09. The highest BCUT2D eigenvalue weighted by atomic mass is 32.1. The molecule has 1 N–H and O–H groups in total. The van der Waals surface area contributed by atoms with E-state index in [1.165, 1.54) is 0 Å². The lowest BCUT2D eigenvalue weighted by Crippen LogP contribution is -2.00. The van der Waals surface area contributed by atoms with Crippen LogP contribution in [0, 0.1) is 11.7 Å². The molecule has 0 unspecified atom stereocenters. The van der Waals surface area contributed by atoms with Crippen molar-refractivity contribution in [3.05, 3.63) is 39.1 Å². The molecule has 20 heavy (non-hydrogen) atoms. The maximum absolute atomic E-state index is 5.64. The van der Waals surface area contributed by atoms with Gasteiger partial charge in [-0.25, -0.2) is 4.98 Å². The lowest BCUT2D eigenvalue weighted by molar-refractivity contribution is 0.343. The normalized spacial score (nSPS) is 11.1. The Hall–Kier alpha value is -1.66. The van der Waals surface area contributed by atoms with E-state index in [0.29, 0.717) is 17.9 Å². The molecule has 0 aliphatic rings. The van der Waals surface area contributed by atoms with E-state index in [1.807, 2.05) is 32.0 Å². The Bertz CT molecular complexity index is 800. The Balaban J connectivity index is 2.09. The maximum atomic E-state index is 5.64. The van der Waals surface area contributed by atoms with Crippen LogP contribution in [0.25, 0.3) is 11.0 Å².